The lowest BCUT2D eigenvalue weighted by molar-refractivity contribution is 0.512. The molecule has 0 unspecified atom stereocenters. The first-order valence-corrected chi connectivity index (χ1v) is 6.12. The predicted molar refractivity (Wildman–Crippen MR) is 68.5 cm³/mol. The van der Waals surface area contributed by atoms with Crippen molar-refractivity contribution in [3.8, 4) is 0 Å². The summed E-state index contributed by atoms with van der Waals surface area (Å²) in [6, 6.07) is 9.03. The molecule has 1 aliphatic rings. The van der Waals surface area contributed by atoms with E-state index in [1.165, 1.54) is 19.3 Å². The summed E-state index contributed by atoms with van der Waals surface area (Å²) in [5.41, 5.74) is 0.730. The van der Waals surface area contributed by atoms with Crippen molar-refractivity contribution in [2.24, 2.45) is 0 Å². The second-order valence-electron chi connectivity index (χ2n) is 4.49. The molecule has 0 aliphatic carbocycles. The highest BCUT2D eigenvalue weighted by molar-refractivity contribution is 5.77. The molecule has 3 rings (SSSR count). The third kappa shape index (κ3) is 1.93. The van der Waals surface area contributed by atoms with Crippen LogP contribution in [0.15, 0.2) is 39.5 Å². The maximum absolute atomic E-state index is 12.0. The molecule has 1 aliphatic heterocycles. The number of para-hydroxylation sites is 1. The summed E-state index contributed by atoms with van der Waals surface area (Å²) in [4.78, 5) is 14.1. The van der Waals surface area contributed by atoms with Crippen LogP contribution < -0.4 is 10.3 Å². The van der Waals surface area contributed by atoms with Crippen LogP contribution in [-0.4, -0.2) is 13.1 Å². The van der Waals surface area contributed by atoms with E-state index in [2.05, 4.69) is 4.90 Å². The van der Waals surface area contributed by atoms with Gasteiger partial charge in [0.25, 0.3) is 0 Å². The summed E-state index contributed by atoms with van der Waals surface area (Å²) in [7, 11) is 0. The zero-order valence-electron chi connectivity index (χ0n) is 9.69. The molecule has 88 valence electrons. The topological polar surface area (TPSA) is 33.5 Å². The Kier molecular flexibility index (Phi) is 2.59. The molecule has 1 aromatic carbocycles. The minimum Gasteiger partial charge on any atom is -0.440 e. The van der Waals surface area contributed by atoms with Crippen molar-refractivity contribution in [1.82, 2.24) is 0 Å². The number of anilines is 1. The molecule has 2 heterocycles. The Hall–Kier alpha value is -1.77. The molecule has 3 nitrogen and oxygen atoms in total. The van der Waals surface area contributed by atoms with Gasteiger partial charge in [0, 0.05) is 19.2 Å². The molecule has 3 heteroatoms. The van der Waals surface area contributed by atoms with E-state index in [9.17, 15) is 4.79 Å². The summed E-state index contributed by atoms with van der Waals surface area (Å²) in [5, 5.41) is 0.660. The van der Waals surface area contributed by atoms with E-state index >= 15 is 0 Å². The number of piperidine rings is 1. The van der Waals surface area contributed by atoms with Gasteiger partial charge in [-0.3, -0.25) is 4.79 Å². The van der Waals surface area contributed by atoms with E-state index in [0.717, 1.165) is 13.1 Å². The lowest BCUT2D eigenvalue weighted by atomic mass is 10.1. The number of hydrogen-bond acceptors (Lipinski definition) is 3. The van der Waals surface area contributed by atoms with E-state index in [1.54, 1.807) is 12.1 Å². The van der Waals surface area contributed by atoms with Crippen LogP contribution >= 0.6 is 0 Å². The zero-order valence-corrected chi connectivity index (χ0v) is 9.69. The number of benzene rings is 1. The first-order chi connectivity index (χ1) is 8.34. The summed E-state index contributed by atoms with van der Waals surface area (Å²) in [6.45, 7) is 1.97. The molecule has 0 radical (unpaired) electrons. The summed E-state index contributed by atoms with van der Waals surface area (Å²) in [6.07, 6.45) is 3.63. The van der Waals surface area contributed by atoms with Crippen LogP contribution in [0, 0.1) is 0 Å². The molecule has 0 spiro atoms. The van der Waals surface area contributed by atoms with Gasteiger partial charge in [-0.25, -0.2) is 0 Å². The Labute approximate surface area is 99.7 Å². The van der Waals surface area contributed by atoms with E-state index < -0.39 is 0 Å². The first kappa shape index (κ1) is 10.4. The van der Waals surface area contributed by atoms with Gasteiger partial charge in [-0.15, -0.1) is 0 Å². The van der Waals surface area contributed by atoms with Crippen LogP contribution in [0.4, 0.5) is 5.88 Å². The fraction of sp³-hybridized carbons (Fsp3) is 0.357. The second-order valence-corrected chi connectivity index (χ2v) is 4.49. The number of rotatable bonds is 1. The molecule has 0 saturated carbocycles. The molecule has 1 aromatic heterocycles. The quantitative estimate of drug-likeness (QED) is 0.754. The van der Waals surface area contributed by atoms with Gasteiger partial charge >= 0.3 is 0 Å². The third-order valence-corrected chi connectivity index (χ3v) is 3.29. The minimum atomic E-state index is 0.0485. The fourth-order valence-corrected chi connectivity index (χ4v) is 2.36. The Balaban J connectivity index is 2.08. The number of fused-ring (bicyclic) bond motifs is 1. The van der Waals surface area contributed by atoms with Crippen molar-refractivity contribution in [3.05, 3.63) is 40.6 Å². The van der Waals surface area contributed by atoms with E-state index in [1.807, 2.05) is 18.2 Å². The van der Waals surface area contributed by atoms with Crippen LogP contribution in [0.1, 0.15) is 19.3 Å². The van der Waals surface area contributed by atoms with Crippen molar-refractivity contribution < 1.29 is 4.42 Å². The molecule has 2 aromatic rings. The second kappa shape index (κ2) is 4.24. The standard InChI is InChI=1S/C14H15NO2/c16-12-10-14(15-8-4-1-5-9-15)17-13-7-3-2-6-11(12)13/h2-3,6-7,10H,1,4-5,8-9H2. The highest BCUT2D eigenvalue weighted by Gasteiger charge is 2.14. The third-order valence-electron chi connectivity index (χ3n) is 3.29. The van der Waals surface area contributed by atoms with E-state index in [-0.39, 0.29) is 5.43 Å². The van der Waals surface area contributed by atoms with Crippen LogP contribution in [0.3, 0.4) is 0 Å². The summed E-state index contributed by atoms with van der Waals surface area (Å²) >= 11 is 0. The maximum Gasteiger partial charge on any atom is 0.199 e. The summed E-state index contributed by atoms with van der Waals surface area (Å²) in [5.74, 6) is 0.716. The smallest absolute Gasteiger partial charge is 0.199 e. The number of nitrogens with zero attached hydrogens (tertiary/aromatic N) is 1. The maximum atomic E-state index is 12.0. The van der Waals surface area contributed by atoms with Crippen molar-refractivity contribution in [2.45, 2.75) is 19.3 Å². The van der Waals surface area contributed by atoms with Crippen molar-refractivity contribution in [1.29, 1.82) is 0 Å². The number of hydrogen-bond donors (Lipinski definition) is 0. The zero-order chi connectivity index (χ0) is 11.7. The first-order valence-electron chi connectivity index (χ1n) is 6.12. The largest absolute Gasteiger partial charge is 0.440 e. The lowest BCUT2D eigenvalue weighted by Crippen LogP contribution is -2.30. The van der Waals surface area contributed by atoms with Crippen LogP contribution in [0.25, 0.3) is 11.0 Å². The van der Waals surface area contributed by atoms with Crippen LogP contribution in [-0.2, 0) is 0 Å². The van der Waals surface area contributed by atoms with Gasteiger partial charge < -0.3 is 9.32 Å². The van der Waals surface area contributed by atoms with Crippen LogP contribution in [0.2, 0.25) is 0 Å². The highest BCUT2D eigenvalue weighted by atomic mass is 16.4. The van der Waals surface area contributed by atoms with Crippen LogP contribution in [0.5, 0.6) is 0 Å². The Bertz CT molecular complexity index is 582. The summed E-state index contributed by atoms with van der Waals surface area (Å²) < 4.78 is 5.81. The molecule has 0 atom stereocenters. The van der Waals surface area contributed by atoms with Gasteiger partial charge in [0.1, 0.15) is 5.58 Å². The monoisotopic (exact) mass is 229 g/mol. The molecule has 17 heavy (non-hydrogen) atoms. The highest BCUT2D eigenvalue weighted by Crippen LogP contribution is 2.22. The van der Waals surface area contributed by atoms with Crippen molar-refractivity contribution in [3.63, 3.8) is 0 Å². The Morgan fingerprint density at radius 3 is 2.65 bits per heavy atom. The van der Waals surface area contributed by atoms with Gasteiger partial charge in [-0.05, 0) is 31.4 Å². The van der Waals surface area contributed by atoms with Gasteiger partial charge in [-0.2, -0.15) is 0 Å². The Morgan fingerprint density at radius 1 is 1.06 bits per heavy atom. The van der Waals surface area contributed by atoms with E-state index in [4.69, 9.17) is 4.42 Å². The minimum absolute atomic E-state index is 0.0485. The lowest BCUT2D eigenvalue weighted by Gasteiger charge is -2.26. The van der Waals surface area contributed by atoms with Gasteiger partial charge in [0.15, 0.2) is 11.3 Å². The fourth-order valence-electron chi connectivity index (χ4n) is 2.36. The SMILES string of the molecule is O=c1cc(N2CCCCC2)oc2ccccc12. The normalized spacial score (nSPS) is 16.4. The van der Waals surface area contributed by atoms with E-state index in [0.29, 0.717) is 16.9 Å². The Morgan fingerprint density at radius 2 is 1.82 bits per heavy atom. The molecule has 0 bridgehead atoms. The molecular weight excluding hydrogens is 214 g/mol. The van der Waals surface area contributed by atoms with Gasteiger partial charge in [-0.1, -0.05) is 12.1 Å². The molecule has 1 fully saturated rings. The predicted octanol–water partition coefficient (Wildman–Crippen LogP) is 2.78. The molecule has 1 saturated heterocycles. The van der Waals surface area contributed by atoms with Crippen molar-refractivity contribution in [2.75, 3.05) is 18.0 Å². The average molecular weight is 229 g/mol. The molecular formula is C14H15NO2. The molecule has 0 amide bonds. The van der Waals surface area contributed by atoms with Gasteiger partial charge in [0.05, 0.1) is 5.39 Å². The van der Waals surface area contributed by atoms with Crippen molar-refractivity contribution >= 4 is 16.9 Å². The average Bonchev–Trinajstić information content (AvgIpc) is 2.40. The molecule has 0 N–H and O–H groups in total. The van der Waals surface area contributed by atoms with Gasteiger partial charge in [0.2, 0.25) is 0 Å².